The second-order valence-corrected chi connectivity index (χ2v) is 4.98. The lowest BCUT2D eigenvalue weighted by molar-refractivity contribution is -0.142. The Labute approximate surface area is 106 Å². The molecule has 1 atom stereocenters. The van der Waals surface area contributed by atoms with Crippen molar-refractivity contribution in [1.82, 2.24) is 9.78 Å². The van der Waals surface area contributed by atoms with E-state index in [1.54, 1.807) is 11.8 Å². The Morgan fingerprint density at radius 1 is 1.71 bits per heavy atom. The average molecular weight is 257 g/mol. The Kier molecular flexibility index (Phi) is 5.50. The maximum Gasteiger partial charge on any atom is 0.322 e. The summed E-state index contributed by atoms with van der Waals surface area (Å²) in [7, 11) is 3.29. The molecule has 0 aliphatic heterocycles. The van der Waals surface area contributed by atoms with Crippen LogP contribution in [0.25, 0.3) is 0 Å². The van der Waals surface area contributed by atoms with Crippen molar-refractivity contribution < 1.29 is 9.53 Å². The van der Waals surface area contributed by atoms with Gasteiger partial charge in [0.2, 0.25) is 0 Å². The molecular weight excluding hydrogens is 238 g/mol. The molecule has 2 N–H and O–H groups in total. The van der Waals surface area contributed by atoms with Gasteiger partial charge in [0.15, 0.2) is 0 Å². The van der Waals surface area contributed by atoms with E-state index in [0.29, 0.717) is 6.42 Å². The number of nitrogens with zero attached hydrogens (tertiary/aromatic N) is 2. The number of nitrogens with two attached hydrogens (primary N) is 1. The highest BCUT2D eigenvalue weighted by Gasteiger charge is 2.12. The molecule has 17 heavy (non-hydrogen) atoms. The van der Waals surface area contributed by atoms with Crippen LogP contribution < -0.4 is 5.73 Å². The molecule has 0 radical (unpaired) electrons. The van der Waals surface area contributed by atoms with Crippen molar-refractivity contribution in [1.29, 1.82) is 0 Å². The molecule has 1 aromatic heterocycles. The van der Waals surface area contributed by atoms with Gasteiger partial charge in [0.25, 0.3) is 0 Å². The number of aryl methyl sites for hydroxylation is 2. The molecule has 0 fully saturated rings. The smallest absolute Gasteiger partial charge is 0.322 e. The van der Waals surface area contributed by atoms with Gasteiger partial charge in [-0.2, -0.15) is 16.9 Å². The molecule has 96 valence electrons. The number of thioether (sulfide) groups is 1. The fraction of sp³-hybridized carbons (Fsp3) is 0.636. The van der Waals surface area contributed by atoms with Gasteiger partial charge in [0.1, 0.15) is 6.04 Å². The summed E-state index contributed by atoms with van der Waals surface area (Å²) in [5.74, 6) is 1.37. The summed E-state index contributed by atoms with van der Waals surface area (Å²) in [6, 6.07) is 1.55. The number of carbonyl (C=O) groups excluding carboxylic acids is 1. The van der Waals surface area contributed by atoms with Crippen LogP contribution in [0.5, 0.6) is 0 Å². The summed E-state index contributed by atoms with van der Waals surface area (Å²) in [6.07, 6.45) is 0.633. The third-order valence-corrected chi connectivity index (χ3v) is 3.45. The maximum atomic E-state index is 11.1. The highest BCUT2D eigenvalue weighted by molar-refractivity contribution is 7.98. The van der Waals surface area contributed by atoms with Crippen molar-refractivity contribution in [2.24, 2.45) is 12.8 Å². The third-order valence-electron chi connectivity index (χ3n) is 2.43. The Hall–Kier alpha value is -1.01. The van der Waals surface area contributed by atoms with Crippen molar-refractivity contribution >= 4 is 17.7 Å². The van der Waals surface area contributed by atoms with Crippen molar-refractivity contribution in [3.63, 3.8) is 0 Å². The summed E-state index contributed by atoms with van der Waals surface area (Å²) >= 11 is 1.74. The zero-order valence-electron chi connectivity index (χ0n) is 10.5. The summed E-state index contributed by atoms with van der Waals surface area (Å²) in [5, 5.41) is 4.27. The Balaban J connectivity index is 2.25. The minimum Gasteiger partial charge on any atom is -0.468 e. The second-order valence-electron chi connectivity index (χ2n) is 3.87. The predicted molar refractivity (Wildman–Crippen MR) is 68.7 cm³/mol. The molecule has 0 bridgehead atoms. The monoisotopic (exact) mass is 257 g/mol. The molecule has 0 aliphatic carbocycles. The van der Waals surface area contributed by atoms with Gasteiger partial charge < -0.3 is 10.5 Å². The van der Waals surface area contributed by atoms with Crippen LogP contribution >= 0.6 is 11.8 Å². The van der Waals surface area contributed by atoms with Crippen molar-refractivity contribution in [2.45, 2.75) is 25.1 Å². The van der Waals surface area contributed by atoms with Gasteiger partial charge in [-0.05, 0) is 25.2 Å². The molecule has 0 aromatic carbocycles. The first kappa shape index (κ1) is 14.1. The first-order valence-corrected chi connectivity index (χ1v) is 6.60. The van der Waals surface area contributed by atoms with Crippen LogP contribution in [0.15, 0.2) is 6.07 Å². The molecule has 1 heterocycles. The fourth-order valence-electron chi connectivity index (χ4n) is 1.46. The van der Waals surface area contributed by atoms with Crippen molar-refractivity contribution in [3.05, 3.63) is 17.5 Å². The van der Waals surface area contributed by atoms with Gasteiger partial charge in [-0.3, -0.25) is 9.48 Å². The molecule has 0 saturated heterocycles. The average Bonchev–Trinajstić information content (AvgIpc) is 2.62. The van der Waals surface area contributed by atoms with Crippen molar-refractivity contribution in [3.8, 4) is 0 Å². The quantitative estimate of drug-likeness (QED) is 0.604. The lowest BCUT2D eigenvalue weighted by Crippen LogP contribution is -2.31. The molecule has 1 unspecified atom stereocenters. The van der Waals surface area contributed by atoms with Gasteiger partial charge in [-0.15, -0.1) is 0 Å². The number of hydrogen-bond acceptors (Lipinski definition) is 5. The van der Waals surface area contributed by atoms with Crippen LogP contribution in [-0.2, 0) is 22.3 Å². The van der Waals surface area contributed by atoms with Crippen LogP contribution in [-0.4, -0.2) is 34.7 Å². The number of ether oxygens (including phenoxy) is 1. The number of carbonyl (C=O) groups is 1. The molecule has 0 aliphatic rings. The van der Waals surface area contributed by atoms with Crippen molar-refractivity contribution in [2.75, 3.05) is 12.9 Å². The van der Waals surface area contributed by atoms with E-state index in [4.69, 9.17) is 5.73 Å². The minimum atomic E-state index is -0.513. The largest absolute Gasteiger partial charge is 0.468 e. The molecule has 0 saturated carbocycles. The SMILES string of the molecule is COC(=O)C(N)CCSCc1cc(C)nn1C. The van der Waals surface area contributed by atoms with Gasteiger partial charge in [-0.1, -0.05) is 0 Å². The zero-order chi connectivity index (χ0) is 12.8. The minimum absolute atomic E-state index is 0.345. The molecule has 0 spiro atoms. The zero-order valence-corrected chi connectivity index (χ0v) is 11.3. The van der Waals surface area contributed by atoms with E-state index >= 15 is 0 Å². The van der Waals surface area contributed by atoms with E-state index in [0.717, 1.165) is 17.2 Å². The fourth-order valence-corrected chi connectivity index (χ4v) is 2.50. The molecule has 1 rings (SSSR count). The maximum absolute atomic E-state index is 11.1. The lowest BCUT2D eigenvalue weighted by Gasteiger charge is -2.08. The number of rotatable bonds is 6. The van der Waals surface area contributed by atoms with E-state index < -0.39 is 6.04 Å². The standard InChI is InChI=1S/C11H19N3O2S/c1-8-6-9(14(2)13-8)7-17-5-4-10(12)11(15)16-3/h6,10H,4-5,7,12H2,1-3H3. The van der Waals surface area contributed by atoms with E-state index in [1.165, 1.54) is 12.8 Å². The normalized spacial score (nSPS) is 12.5. The summed E-state index contributed by atoms with van der Waals surface area (Å²) in [4.78, 5) is 11.1. The molecule has 1 aromatic rings. The Morgan fingerprint density at radius 3 is 2.94 bits per heavy atom. The highest BCUT2D eigenvalue weighted by Crippen LogP contribution is 2.14. The number of hydrogen-bond donors (Lipinski definition) is 1. The van der Waals surface area contributed by atoms with E-state index in [9.17, 15) is 4.79 Å². The van der Waals surface area contributed by atoms with E-state index in [-0.39, 0.29) is 5.97 Å². The Morgan fingerprint density at radius 2 is 2.41 bits per heavy atom. The molecule has 5 nitrogen and oxygen atoms in total. The Bertz CT molecular complexity index is 379. The summed E-state index contributed by atoms with van der Waals surface area (Å²) in [6.45, 7) is 1.97. The molecule has 6 heteroatoms. The van der Waals surface area contributed by atoms with Crippen LogP contribution in [0.2, 0.25) is 0 Å². The lowest BCUT2D eigenvalue weighted by atomic mass is 10.2. The molecular formula is C11H19N3O2S. The van der Waals surface area contributed by atoms with E-state index in [2.05, 4.69) is 15.9 Å². The summed E-state index contributed by atoms with van der Waals surface area (Å²) in [5.41, 5.74) is 7.84. The van der Waals surface area contributed by atoms with Crippen LogP contribution in [0.3, 0.4) is 0 Å². The van der Waals surface area contributed by atoms with Crippen LogP contribution in [0.1, 0.15) is 17.8 Å². The second kappa shape index (κ2) is 6.66. The number of esters is 1. The molecule has 0 amide bonds. The van der Waals surface area contributed by atoms with Gasteiger partial charge >= 0.3 is 5.97 Å². The highest BCUT2D eigenvalue weighted by atomic mass is 32.2. The first-order chi connectivity index (χ1) is 8.04. The number of aromatic nitrogens is 2. The van der Waals surface area contributed by atoms with Gasteiger partial charge in [0.05, 0.1) is 12.8 Å². The van der Waals surface area contributed by atoms with Crippen LogP contribution in [0.4, 0.5) is 0 Å². The first-order valence-electron chi connectivity index (χ1n) is 5.45. The third kappa shape index (κ3) is 4.40. The van der Waals surface area contributed by atoms with Gasteiger partial charge in [0, 0.05) is 18.5 Å². The number of methoxy groups -OCH3 is 1. The summed E-state index contributed by atoms with van der Waals surface area (Å²) < 4.78 is 6.44. The topological polar surface area (TPSA) is 70.1 Å². The van der Waals surface area contributed by atoms with Gasteiger partial charge in [-0.25, -0.2) is 0 Å². The van der Waals surface area contributed by atoms with E-state index in [1.807, 2.05) is 18.7 Å². The predicted octanol–water partition coefficient (Wildman–Crippen LogP) is 0.852. The van der Waals surface area contributed by atoms with Crippen LogP contribution in [0, 0.1) is 6.92 Å².